The Hall–Kier alpha value is -1.26. The quantitative estimate of drug-likeness (QED) is 0.918. The summed E-state index contributed by atoms with van der Waals surface area (Å²) in [4.78, 5) is 11.9. The topological polar surface area (TPSA) is 42.2 Å². The summed E-state index contributed by atoms with van der Waals surface area (Å²) in [7, 11) is 0. The summed E-state index contributed by atoms with van der Waals surface area (Å²) in [5.74, 6) is -0.0729. The van der Waals surface area contributed by atoms with Crippen molar-refractivity contribution in [3.8, 4) is 0 Å². The maximum Gasteiger partial charge on any atom is 0.287 e. The van der Waals surface area contributed by atoms with E-state index in [0.717, 1.165) is 10.0 Å². The van der Waals surface area contributed by atoms with Crippen molar-refractivity contribution in [2.24, 2.45) is 0 Å². The van der Waals surface area contributed by atoms with E-state index in [1.807, 2.05) is 31.2 Å². The number of amides is 1. The Labute approximate surface area is 118 Å². The highest BCUT2D eigenvalue weighted by molar-refractivity contribution is 9.10. The molecule has 0 saturated heterocycles. The predicted octanol–water partition coefficient (Wildman–Crippen LogP) is 4.19. The van der Waals surface area contributed by atoms with Gasteiger partial charge in [-0.05, 0) is 48.4 Å². The molecule has 94 valence electrons. The molecule has 1 unspecified atom stereocenters. The predicted molar refractivity (Wildman–Crippen MR) is 73.7 cm³/mol. The van der Waals surface area contributed by atoms with Crippen LogP contribution in [-0.4, -0.2) is 5.91 Å². The lowest BCUT2D eigenvalue weighted by Crippen LogP contribution is -2.26. The summed E-state index contributed by atoms with van der Waals surface area (Å²) >= 11 is 9.02. The van der Waals surface area contributed by atoms with E-state index in [0.29, 0.717) is 0 Å². The number of carbonyl (C=O) groups excluding carboxylic acids is 1. The highest BCUT2D eigenvalue weighted by atomic mass is 79.9. The van der Waals surface area contributed by atoms with Gasteiger partial charge >= 0.3 is 0 Å². The molecule has 2 rings (SSSR count). The summed E-state index contributed by atoms with van der Waals surface area (Å²) in [6, 6.07) is 10.7. The minimum atomic E-state index is -0.283. The molecule has 1 N–H and O–H groups in total. The number of hydrogen-bond donors (Lipinski definition) is 1. The Morgan fingerprint density at radius 1 is 1.39 bits per heavy atom. The van der Waals surface area contributed by atoms with Gasteiger partial charge in [-0.2, -0.15) is 0 Å². The van der Waals surface area contributed by atoms with Crippen LogP contribution in [0.4, 0.5) is 0 Å². The minimum absolute atomic E-state index is 0.112. The molecule has 2 aromatic rings. The van der Waals surface area contributed by atoms with Crippen LogP contribution in [0.25, 0.3) is 0 Å². The fourth-order valence-corrected chi connectivity index (χ4v) is 2.13. The highest BCUT2D eigenvalue weighted by Gasteiger charge is 2.14. The van der Waals surface area contributed by atoms with Gasteiger partial charge in [0, 0.05) is 4.47 Å². The molecule has 1 amide bonds. The summed E-state index contributed by atoms with van der Waals surface area (Å²) in [5.41, 5.74) is 1.01. The van der Waals surface area contributed by atoms with Gasteiger partial charge in [-0.25, -0.2) is 0 Å². The van der Waals surface area contributed by atoms with Gasteiger partial charge in [0.2, 0.25) is 0 Å². The smallest absolute Gasteiger partial charge is 0.287 e. The second kappa shape index (κ2) is 5.59. The molecule has 0 aliphatic heterocycles. The molecule has 0 fully saturated rings. The second-order valence-corrected chi connectivity index (χ2v) is 5.14. The van der Waals surface area contributed by atoms with E-state index in [1.165, 1.54) is 0 Å². The Morgan fingerprint density at radius 2 is 2.17 bits per heavy atom. The van der Waals surface area contributed by atoms with Crippen LogP contribution in [0.3, 0.4) is 0 Å². The SMILES string of the molecule is CC(NC(=O)c1ccc(Cl)o1)c1cccc(Br)c1. The molecule has 0 bridgehead atoms. The van der Waals surface area contributed by atoms with Crippen molar-refractivity contribution < 1.29 is 9.21 Å². The number of halogens is 2. The van der Waals surface area contributed by atoms with Crippen molar-refractivity contribution in [3.63, 3.8) is 0 Å². The summed E-state index contributed by atoms with van der Waals surface area (Å²) < 4.78 is 6.02. The zero-order valence-electron chi connectivity index (χ0n) is 9.61. The van der Waals surface area contributed by atoms with Crippen molar-refractivity contribution in [3.05, 3.63) is 57.4 Å². The van der Waals surface area contributed by atoms with E-state index in [2.05, 4.69) is 21.2 Å². The maximum atomic E-state index is 11.9. The van der Waals surface area contributed by atoms with Gasteiger partial charge in [0.05, 0.1) is 6.04 Å². The molecule has 1 heterocycles. The third kappa shape index (κ3) is 3.15. The third-order valence-electron chi connectivity index (χ3n) is 2.49. The van der Waals surface area contributed by atoms with Gasteiger partial charge in [0.15, 0.2) is 11.0 Å². The van der Waals surface area contributed by atoms with Crippen LogP contribution in [-0.2, 0) is 0 Å². The van der Waals surface area contributed by atoms with Gasteiger partial charge in [0.25, 0.3) is 5.91 Å². The van der Waals surface area contributed by atoms with Gasteiger partial charge in [-0.1, -0.05) is 28.1 Å². The number of hydrogen-bond acceptors (Lipinski definition) is 2. The van der Waals surface area contributed by atoms with Crippen LogP contribution in [0.5, 0.6) is 0 Å². The molecule has 0 aliphatic carbocycles. The van der Waals surface area contributed by atoms with Crippen LogP contribution < -0.4 is 5.32 Å². The molecule has 18 heavy (non-hydrogen) atoms. The normalized spacial score (nSPS) is 12.2. The average molecular weight is 329 g/mol. The van der Waals surface area contributed by atoms with E-state index >= 15 is 0 Å². The maximum absolute atomic E-state index is 11.9. The number of benzene rings is 1. The molecule has 0 saturated carbocycles. The van der Waals surface area contributed by atoms with E-state index in [-0.39, 0.29) is 22.9 Å². The lowest BCUT2D eigenvalue weighted by Gasteiger charge is -2.13. The molecule has 3 nitrogen and oxygen atoms in total. The first-order valence-electron chi connectivity index (χ1n) is 5.38. The third-order valence-corrected chi connectivity index (χ3v) is 3.19. The van der Waals surface area contributed by atoms with Gasteiger partial charge < -0.3 is 9.73 Å². The van der Waals surface area contributed by atoms with Crippen LogP contribution in [0.1, 0.15) is 29.1 Å². The van der Waals surface area contributed by atoms with Crippen LogP contribution in [0, 0.1) is 0 Å². The van der Waals surface area contributed by atoms with Crippen molar-refractivity contribution in [1.82, 2.24) is 5.32 Å². The lowest BCUT2D eigenvalue weighted by molar-refractivity contribution is 0.0912. The Morgan fingerprint density at radius 3 is 2.78 bits per heavy atom. The van der Waals surface area contributed by atoms with E-state index in [1.54, 1.807) is 12.1 Å². The number of furan rings is 1. The molecule has 5 heteroatoms. The Balaban J connectivity index is 2.07. The van der Waals surface area contributed by atoms with Gasteiger partial charge in [0.1, 0.15) is 0 Å². The molecule has 1 aromatic heterocycles. The van der Waals surface area contributed by atoms with E-state index < -0.39 is 0 Å². The molecule has 1 aromatic carbocycles. The number of rotatable bonds is 3. The fraction of sp³-hybridized carbons (Fsp3) is 0.154. The van der Waals surface area contributed by atoms with Crippen molar-refractivity contribution in [2.45, 2.75) is 13.0 Å². The number of carbonyl (C=O) groups is 1. The molecule has 0 radical (unpaired) electrons. The molecule has 1 atom stereocenters. The highest BCUT2D eigenvalue weighted by Crippen LogP contribution is 2.19. The van der Waals surface area contributed by atoms with Crippen molar-refractivity contribution >= 4 is 33.4 Å². The first-order chi connectivity index (χ1) is 8.56. The lowest BCUT2D eigenvalue weighted by atomic mass is 10.1. The standard InChI is InChI=1S/C13H11BrClNO2/c1-8(9-3-2-4-10(14)7-9)16-13(17)11-5-6-12(15)18-11/h2-8H,1H3,(H,16,17). The molecular formula is C13H11BrClNO2. The van der Waals surface area contributed by atoms with Crippen molar-refractivity contribution in [2.75, 3.05) is 0 Å². The van der Waals surface area contributed by atoms with Gasteiger partial charge in [-0.15, -0.1) is 0 Å². The van der Waals surface area contributed by atoms with E-state index in [4.69, 9.17) is 16.0 Å². The summed E-state index contributed by atoms with van der Waals surface area (Å²) in [5, 5.41) is 3.04. The van der Waals surface area contributed by atoms with Crippen molar-refractivity contribution in [1.29, 1.82) is 0 Å². The summed E-state index contributed by atoms with van der Waals surface area (Å²) in [6.45, 7) is 1.91. The summed E-state index contributed by atoms with van der Waals surface area (Å²) in [6.07, 6.45) is 0. The minimum Gasteiger partial charge on any atom is -0.440 e. The zero-order valence-corrected chi connectivity index (χ0v) is 12.0. The Kier molecular flexibility index (Phi) is 4.09. The average Bonchev–Trinajstić information content (AvgIpc) is 2.76. The van der Waals surface area contributed by atoms with Crippen LogP contribution in [0.15, 0.2) is 45.3 Å². The zero-order chi connectivity index (χ0) is 13.1. The first-order valence-corrected chi connectivity index (χ1v) is 6.55. The molecular weight excluding hydrogens is 318 g/mol. The first kappa shape index (κ1) is 13.2. The van der Waals surface area contributed by atoms with Crippen LogP contribution in [0.2, 0.25) is 5.22 Å². The van der Waals surface area contributed by atoms with Gasteiger partial charge in [-0.3, -0.25) is 4.79 Å². The molecule has 0 spiro atoms. The Bertz CT molecular complexity index is 568. The van der Waals surface area contributed by atoms with Crippen LogP contribution >= 0.6 is 27.5 Å². The number of nitrogens with one attached hydrogen (secondary N) is 1. The largest absolute Gasteiger partial charge is 0.440 e. The molecule has 0 aliphatic rings. The second-order valence-electron chi connectivity index (χ2n) is 3.85. The van der Waals surface area contributed by atoms with E-state index in [9.17, 15) is 4.79 Å². The fourth-order valence-electron chi connectivity index (χ4n) is 1.56. The monoisotopic (exact) mass is 327 g/mol.